The first-order valence-electron chi connectivity index (χ1n) is 11.8. The summed E-state index contributed by atoms with van der Waals surface area (Å²) in [6.07, 6.45) is -1.66. The molecule has 2 atom stereocenters. The molecule has 4 heterocycles. The van der Waals surface area contributed by atoms with E-state index in [0.29, 0.717) is 19.4 Å². The summed E-state index contributed by atoms with van der Waals surface area (Å²) in [5.41, 5.74) is -2.23. The number of amides is 1. The van der Waals surface area contributed by atoms with Crippen LogP contribution in [0.15, 0.2) is 10.5 Å². The number of rotatable bonds is 1. The molecule has 2 aromatic heterocycles. The first-order valence-corrected chi connectivity index (χ1v) is 11.8. The maximum absolute atomic E-state index is 14.2. The number of hydrogen-bond acceptors (Lipinski definition) is 8. The van der Waals surface area contributed by atoms with Crippen LogP contribution in [0.4, 0.5) is 29.5 Å². The topological polar surface area (TPSA) is 114 Å². The van der Waals surface area contributed by atoms with Crippen molar-refractivity contribution in [3.05, 3.63) is 17.5 Å². The van der Waals surface area contributed by atoms with E-state index in [1.807, 2.05) is 0 Å². The first kappa shape index (κ1) is 25.2. The van der Waals surface area contributed by atoms with Crippen LogP contribution >= 0.6 is 0 Å². The Hall–Kier alpha value is -2.89. The number of pyridine rings is 1. The molecule has 0 aromatic carbocycles. The normalized spacial score (nSPS) is 21.3. The smallest absolute Gasteiger partial charge is 0.420 e. The molecule has 4 rings (SSSR count). The van der Waals surface area contributed by atoms with Crippen molar-refractivity contribution in [1.29, 1.82) is 0 Å². The number of anilines is 2. The molecule has 0 radical (unpaired) electrons. The Kier molecular flexibility index (Phi) is 6.94. The lowest BCUT2D eigenvalue weighted by Gasteiger charge is -2.29. The largest absolute Gasteiger partial charge is 0.444 e. The van der Waals surface area contributed by atoms with Crippen LogP contribution in [0.2, 0.25) is 0 Å². The highest BCUT2D eigenvalue weighted by Crippen LogP contribution is 2.43. The number of nitrogens with one attached hydrogen (secondary N) is 1. The molecule has 1 unspecified atom stereocenters. The van der Waals surface area contributed by atoms with Crippen LogP contribution in [-0.4, -0.2) is 44.6 Å². The van der Waals surface area contributed by atoms with Gasteiger partial charge in [-0.1, -0.05) is 19.3 Å². The van der Waals surface area contributed by atoms with E-state index >= 15 is 0 Å². The lowest BCUT2D eigenvalue weighted by Crippen LogP contribution is -2.33. The maximum Gasteiger partial charge on any atom is 0.420 e. The van der Waals surface area contributed by atoms with E-state index in [1.165, 1.54) is 0 Å². The average Bonchev–Trinajstić information content (AvgIpc) is 3.40. The molecule has 4 bridgehead atoms. The first-order chi connectivity index (χ1) is 16.4. The Morgan fingerprint density at radius 3 is 2.57 bits per heavy atom. The van der Waals surface area contributed by atoms with Gasteiger partial charge in [-0.25, -0.2) is 9.78 Å². The predicted octanol–water partition coefficient (Wildman–Crippen LogP) is 5.46. The van der Waals surface area contributed by atoms with Gasteiger partial charge in [0, 0.05) is 12.6 Å². The highest BCUT2D eigenvalue weighted by Gasteiger charge is 2.40. The summed E-state index contributed by atoms with van der Waals surface area (Å²) >= 11 is 0. The molecule has 35 heavy (non-hydrogen) atoms. The number of nitrogens with zero attached hydrogens (tertiary/aromatic N) is 4. The highest BCUT2D eigenvalue weighted by atomic mass is 19.4. The SMILES string of the molecule is CC(C)(C)OC(=O)Nc1cc(C(F)(F)F)c2nc1-c1nnc(o1)C(O)CCCCC[C@@H]1CCCN21. The molecule has 192 valence electrons. The zero-order valence-electron chi connectivity index (χ0n) is 20.0. The lowest BCUT2D eigenvalue weighted by atomic mass is 10.0. The number of aliphatic hydroxyl groups excluding tert-OH is 1. The number of aromatic nitrogens is 3. The lowest BCUT2D eigenvalue weighted by molar-refractivity contribution is -0.137. The molecule has 0 saturated carbocycles. The molecule has 1 fully saturated rings. The zero-order valence-corrected chi connectivity index (χ0v) is 20.0. The number of aliphatic hydroxyl groups is 1. The van der Waals surface area contributed by atoms with Crippen molar-refractivity contribution in [3.63, 3.8) is 0 Å². The summed E-state index contributed by atoms with van der Waals surface area (Å²) in [6, 6.07) is 0.746. The Morgan fingerprint density at radius 2 is 1.86 bits per heavy atom. The summed E-state index contributed by atoms with van der Waals surface area (Å²) < 4.78 is 53.5. The van der Waals surface area contributed by atoms with Gasteiger partial charge in [-0.3, -0.25) is 5.32 Å². The second-order valence-corrected chi connectivity index (χ2v) is 9.97. The number of fused-ring (bicyclic) bond motifs is 7. The van der Waals surface area contributed by atoms with E-state index in [0.717, 1.165) is 38.2 Å². The molecule has 12 heteroatoms. The average molecular weight is 498 g/mol. The number of ether oxygens (including phenoxy) is 1. The van der Waals surface area contributed by atoms with Gasteiger partial charge < -0.3 is 19.2 Å². The minimum Gasteiger partial charge on any atom is -0.444 e. The van der Waals surface area contributed by atoms with E-state index in [4.69, 9.17) is 9.15 Å². The van der Waals surface area contributed by atoms with E-state index in [-0.39, 0.29) is 35.0 Å². The summed E-state index contributed by atoms with van der Waals surface area (Å²) in [5, 5.41) is 20.6. The molecule has 2 aliphatic heterocycles. The molecule has 1 amide bonds. The molecule has 9 nitrogen and oxygen atoms in total. The van der Waals surface area contributed by atoms with Crippen molar-refractivity contribution in [2.24, 2.45) is 0 Å². The van der Waals surface area contributed by atoms with Crippen LogP contribution in [-0.2, 0) is 10.9 Å². The van der Waals surface area contributed by atoms with E-state index in [9.17, 15) is 23.1 Å². The van der Waals surface area contributed by atoms with Gasteiger partial charge >= 0.3 is 12.3 Å². The quantitative estimate of drug-likeness (QED) is 0.534. The standard InChI is InChI=1S/C23H30F3N5O4/c1-22(2,3)35-21(33)27-15-12-14(23(24,25)26)18-28-17(15)20-30-29-19(34-20)16(32)10-6-4-5-8-13-9-7-11-31(13)18/h12-13,16,32H,4-11H2,1-3H3,(H,27,33)/t13-,16?/m1/s1. The van der Waals surface area contributed by atoms with Crippen LogP contribution < -0.4 is 10.2 Å². The molecule has 2 aliphatic rings. The van der Waals surface area contributed by atoms with E-state index < -0.39 is 29.5 Å². The molecular weight excluding hydrogens is 467 g/mol. The van der Waals surface area contributed by atoms with Gasteiger partial charge in [0.2, 0.25) is 5.89 Å². The van der Waals surface area contributed by atoms with Gasteiger partial charge in [-0.2, -0.15) is 13.2 Å². The van der Waals surface area contributed by atoms with Crippen molar-refractivity contribution in [1.82, 2.24) is 15.2 Å². The Morgan fingerprint density at radius 1 is 1.14 bits per heavy atom. The fraction of sp³-hybridized carbons (Fsp3) is 0.652. The number of carbonyl (C=O) groups excluding carboxylic acids is 1. The van der Waals surface area contributed by atoms with Crippen LogP contribution in [0.1, 0.15) is 83.3 Å². The number of halogens is 3. The van der Waals surface area contributed by atoms with Crippen molar-refractivity contribution in [2.75, 3.05) is 16.8 Å². The van der Waals surface area contributed by atoms with Crippen LogP contribution in [0.3, 0.4) is 0 Å². The van der Waals surface area contributed by atoms with Crippen LogP contribution in [0, 0.1) is 0 Å². The summed E-state index contributed by atoms with van der Waals surface area (Å²) in [5.74, 6) is -0.488. The number of carbonyl (C=O) groups is 1. The van der Waals surface area contributed by atoms with Gasteiger partial charge in [0.25, 0.3) is 5.89 Å². The predicted molar refractivity (Wildman–Crippen MR) is 121 cm³/mol. The fourth-order valence-corrected chi connectivity index (χ4v) is 4.50. The van der Waals surface area contributed by atoms with Gasteiger partial charge in [0.1, 0.15) is 23.1 Å². The summed E-state index contributed by atoms with van der Waals surface area (Å²) in [7, 11) is 0. The molecular formula is C23H30F3N5O4. The van der Waals surface area contributed by atoms with Crippen molar-refractivity contribution in [3.8, 4) is 11.6 Å². The highest BCUT2D eigenvalue weighted by molar-refractivity contribution is 5.90. The third kappa shape index (κ3) is 5.85. The minimum atomic E-state index is -4.72. The van der Waals surface area contributed by atoms with Crippen LogP contribution in [0.5, 0.6) is 0 Å². The van der Waals surface area contributed by atoms with Gasteiger partial charge in [0.15, 0.2) is 5.69 Å². The van der Waals surface area contributed by atoms with E-state index in [1.54, 1.807) is 25.7 Å². The van der Waals surface area contributed by atoms with Crippen molar-refractivity contribution in [2.45, 2.75) is 89.6 Å². The van der Waals surface area contributed by atoms with Crippen LogP contribution in [0.25, 0.3) is 11.6 Å². The van der Waals surface area contributed by atoms with E-state index in [2.05, 4.69) is 20.5 Å². The van der Waals surface area contributed by atoms with Gasteiger partial charge in [0.05, 0.1) is 5.69 Å². The third-order valence-corrected chi connectivity index (χ3v) is 6.04. The zero-order chi connectivity index (χ0) is 25.4. The Labute approximate surface area is 201 Å². The summed E-state index contributed by atoms with van der Waals surface area (Å²) in [4.78, 5) is 18.5. The second-order valence-electron chi connectivity index (χ2n) is 9.97. The molecule has 0 aliphatic carbocycles. The number of hydrogen-bond donors (Lipinski definition) is 2. The number of alkyl halides is 3. The minimum absolute atomic E-state index is 0.0532. The molecule has 2 N–H and O–H groups in total. The maximum atomic E-state index is 14.2. The third-order valence-electron chi connectivity index (χ3n) is 6.04. The second kappa shape index (κ2) is 9.63. The molecule has 1 saturated heterocycles. The monoisotopic (exact) mass is 497 g/mol. The Balaban J connectivity index is 1.87. The van der Waals surface area contributed by atoms with Gasteiger partial charge in [-0.05, 0) is 52.5 Å². The van der Waals surface area contributed by atoms with Crippen molar-refractivity contribution < 1.29 is 32.2 Å². The summed E-state index contributed by atoms with van der Waals surface area (Å²) in [6.45, 7) is 5.35. The molecule has 0 spiro atoms. The molecule has 2 aromatic rings. The van der Waals surface area contributed by atoms with Crippen molar-refractivity contribution >= 4 is 17.6 Å². The fourth-order valence-electron chi connectivity index (χ4n) is 4.50. The Bertz CT molecular complexity index is 1070. The van der Waals surface area contributed by atoms with Gasteiger partial charge in [-0.15, -0.1) is 10.2 Å².